The van der Waals surface area contributed by atoms with E-state index in [4.69, 9.17) is 9.52 Å². The molecule has 1 saturated heterocycles. The maximum Gasteiger partial charge on any atom is 0.335 e. The molecule has 0 amide bonds. The number of piperidine rings is 1. The van der Waals surface area contributed by atoms with E-state index in [-0.39, 0.29) is 34.5 Å². The molecule has 0 radical (unpaired) electrons. The fourth-order valence-electron chi connectivity index (χ4n) is 3.88. The molecule has 0 spiro atoms. The van der Waals surface area contributed by atoms with Crippen LogP contribution in [0.5, 0.6) is 0 Å². The van der Waals surface area contributed by atoms with E-state index in [9.17, 15) is 13.2 Å². The third-order valence-electron chi connectivity index (χ3n) is 5.74. The minimum Gasteiger partial charge on any atom is -0.478 e. The first kappa shape index (κ1) is 25.0. The normalized spacial score (nSPS) is 14.6. The summed E-state index contributed by atoms with van der Waals surface area (Å²) < 4.78 is 31.6. The third kappa shape index (κ3) is 6.01. The van der Waals surface area contributed by atoms with Gasteiger partial charge in [-0.2, -0.15) is 0 Å². The Morgan fingerprint density at radius 2 is 1.67 bits per heavy atom. The van der Waals surface area contributed by atoms with Crippen molar-refractivity contribution in [3.63, 3.8) is 0 Å². The number of oxazole rings is 1. The number of hydrogen-bond acceptors (Lipinski definition) is 6. The van der Waals surface area contributed by atoms with Crippen molar-refractivity contribution in [2.75, 3.05) is 13.1 Å². The molecule has 4 rings (SSSR count). The molecule has 3 aromatic rings. The van der Waals surface area contributed by atoms with E-state index < -0.39 is 15.8 Å². The minimum absolute atomic E-state index is 0. The molecule has 1 aliphatic heterocycles. The van der Waals surface area contributed by atoms with E-state index in [1.807, 2.05) is 12.1 Å². The summed E-state index contributed by atoms with van der Waals surface area (Å²) >= 11 is 0. The number of nitrogens with zero attached hydrogens (tertiary/aromatic N) is 2. The number of carboxylic acid groups (broad SMARTS) is 1. The molecular formula is C24H27ClN2O5S. The lowest BCUT2D eigenvalue weighted by atomic mass is 10.1. The van der Waals surface area contributed by atoms with Gasteiger partial charge in [-0.05, 0) is 74.8 Å². The minimum atomic E-state index is -3.59. The number of halogens is 1. The van der Waals surface area contributed by atoms with E-state index in [0.29, 0.717) is 17.0 Å². The van der Waals surface area contributed by atoms with Crippen molar-refractivity contribution in [2.45, 2.75) is 43.4 Å². The molecule has 33 heavy (non-hydrogen) atoms. The monoisotopic (exact) mass is 490 g/mol. The van der Waals surface area contributed by atoms with Gasteiger partial charge in [0.1, 0.15) is 11.5 Å². The molecule has 1 fully saturated rings. The molecule has 1 aromatic heterocycles. The molecule has 1 N–H and O–H groups in total. The predicted molar refractivity (Wildman–Crippen MR) is 127 cm³/mol. The largest absolute Gasteiger partial charge is 0.478 e. The average molecular weight is 491 g/mol. The average Bonchev–Trinajstić information content (AvgIpc) is 3.14. The summed E-state index contributed by atoms with van der Waals surface area (Å²) in [5, 5.41) is 9.02. The Balaban J connectivity index is 0.00000306. The summed E-state index contributed by atoms with van der Waals surface area (Å²) in [6, 6.07) is 13.2. The van der Waals surface area contributed by atoms with E-state index >= 15 is 0 Å². The van der Waals surface area contributed by atoms with Gasteiger partial charge >= 0.3 is 5.97 Å². The molecule has 2 aromatic carbocycles. The Labute approximate surface area is 199 Å². The highest BCUT2D eigenvalue weighted by Gasteiger charge is 2.21. The van der Waals surface area contributed by atoms with Crippen LogP contribution in [0.25, 0.3) is 11.5 Å². The van der Waals surface area contributed by atoms with Gasteiger partial charge in [-0.15, -0.1) is 12.4 Å². The summed E-state index contributed by atoms with van der Waals surface area (Å²) in [5.41, 5.74) is 2.20. The van der Waals surface area contributed by atoms with Crippen LogP contribution in [0.2, 0.25) is 0 Å². The van der Waals surface area contributed by atoms with Gasteiger partial charge in [0, 0.05) is 12.1 Å². The fourth-order valence-corrected chi connectivity index (χ4v) is 5.23. The van der Waals surface area contributed by atoms with Crippen LogP contribution in [-0.2, 0) is 22.1 Å². The highest BCUT2D eigenvalue weighted by Crippen LogP contribution is 2.25. The zero-order valence-corrected chi connectivity index (χ0v) is 20.0. The molecule has 0 aliphatic carbocycles. The summed E-state index contributed by atoms with van der Waals surface area (Å²) in [4.78, 5) is 18.0. The maximum atomic E-state index is 13.0. The molecular weight excluding hydrogens is 464 g/mol. The molecule has 0 saturated carbocycles. The molecule has 0 atom stereocenters. The number of likely N-dealkylation sites (tertiary alicyclic amines) is 1. The zero-order chi connectivity index (χ0) is 22.7. The number of sulfone groups is 1. The number of hydrogen-bond donors (Lipinski definition) is 1. The Bertz CT molecular complexity index is 1200. The second kappa shape index (κ2) is 10.5. The summed E-state index contributed by atoms with van der Waals surface area (Å²) in [6.07, 6.45) is 3.72. The van der Waals surface area contributed by atoms with Crippen LogP contribution >= 0.6 is 12.4 Å². The smallest absolute Gasteiger partial charge is 0.335 e. The van der Waals surface area contributed by atoms with Crippen LogP contribution in [0.3, 0.4) is 0 Å². The highest BCUT2D eigenvalue weighted by molar-refractivity contribution is 7.90. The van der Waals surface area contributed by atoms with E-state index in [1.54, 1.807) is 31.2 Å². The van der Waals surface area contributed by atoms with Gasteiger partial charge in [0.15, 0.2) is 9.84 Å². The van der Waals surface area contributed by atoms with Gasteiger partial charge in [0.25, 0.3) is 0 Å². The van der Waals surface area contributed by atoms with Gasteiger partial charge < -0.3 is 9.52 Å². The Morgan fingerprint density at radius 3 is 2.27 bits per heavy atom. The first-order valence-electron chi connectivity index (χ1n) is 10.7. The van der Waals surface area contributed by atoms with Crippen molar-refractivity contribution in [3.05, 3.63) is 71.1 Å². The van der Waals surface area contributed by atoms with Crippen molar-refractivity contribution >= 4 is 28.2 Å². The summed E-state index contributed by atoms with van der Waals surface area (Å²) in [6.45, 7) is 4.70. The van der Waals surface area contributed by atoms with Gasteiger partial charge in [0.2, 0.25) is 5.89 Å². The van der Waals surface area contributed by atoms with Crippen molar-refractivity contribution in [2.24, 2.45) is 0 Å². The number of rotatable bonds is 7. The number of carbonyl (C=O) groups is 1. The molecule has 0 bridgehead atoms. The Hall–Kier alpha value is -2.68. The number of carboxylic acids is 1. The quantitative estimate of drug-likeness (QED) is 0.510. The zero-order valence-electron chi connectivity index (χ0n) is 18.4. The van der Waals surface area contributed by atoms with Crippen molar-refractivity contribution in [3.8, 4) is 11.5 Å². The molecule has 0 unspecified atom stereocenters. The van der Waals surface area contributed by atoms with Gasteiger partial charge in [-0.25, -0.2) is 18.2 Å². The maximum absolute atomic E-state index is 13.0. The van der Waals surface area contributed by atoms with Gasteiger partial charge in [-0.1, -0.05) is 18.6 Å². The topological polar surface area (TPSA) is 101 Å². The van der Waals surface area contributed by atoms with E-state index in [0.717, 1.165) is 25.2 Å². The van der Waals surface area contributed by atoms with Crippen LogP contribution in [0, 0.1) is 6.92 Å². The van der Waals surface area contributed by atoms with Crippen LogP contribution < -0.4 is 0 Å². The first-order chi connectivity index (χ1) is 15.3. The molecule has 2 heterocycles. The highest BCUT2D eigenvalue weighted by atomic mass is 35.5. The standard InChI is InChI=1S/C24H26N2O5S.ClH/c1-17-22(25-23(31-17)19-7-9-20(10-8-19)24(27)28)16-32(29,30)21-11-5-18(6-12-21)15-26-13-3-2-4-14-26;/h5-12H,2-4,13-16H2,1H3,(H,27,28);1H. The van der Waals surface area contributed by atoms with Gasteiger partial charge in [-0.3, -0.25) is 4.90 Å². The number of aryl methyl sites for hydroxylation is 1. The van der Waals surface area contributed by atoms with Gasteiger partial charge in [0.05, 0.1) is 16.2 Å². The van der Waals surface area contributed by atoms with E-state index in [2.05, 4.69) is 9.88 Å². The second-order valence-electron chi connectivity index (χ2n) is 8.14. The van der Waals surface area contributed by atoms with Crippen LogP contribution in [0.1, 0.15) is 46.6 Å². The molecule has 176 valence electrons. The van der Waals surface area contributed by atoms with Crippen molar-refractivity contribution in [1.82, 2.24) is 9.88 Å². The Morgan fingerprint density at radius 1 is 1.03 bits per heavy atom. The van der Waals surface area contributed by atoms with Crippen LogP contribution in [0.15, 0.2) is 57.8 Å². The van der Waals surface area contributed by atoms with Crippen LogP contribution in [0.4, 0.5) is 0 Å². The fraction of sp³-hybridized carbons (Fsp3) is 0.333. The van der Waals surface area contributed by atoms with Crippen molar-refractivity contribution in [1.29, 1.82) is 0 Å². The van der Waals surface area contributed by atoms with E-state index in [1.165, 1.54) is 31.4 Å². The first-order valence-corrected chi connectivity index (χ1v) is 12.3. The lowest BCUT2D eigenvalue weighted by Gasteiger charge is -2.26. The van der Waals surface area contributed by atoms with Crippen molar-refractivity contribution < 1.29 is 22.7 Å². The molecule has 9 heteroatoms. The second-order valence-corrected chi connectivity index (χ2v) is 10.1. The predicted octanol–water partition coefficient (Wildman–Crippen LogP) is 4.73. The lowest BCUT2D eigenvalue weighted by Crippen LogP contribution is -2.29. The van der Waals surface area contributed by atoms with Crippen LogP contribution in [-0.4, -0.2) is 42.5 Å². The SMILES string of the molecule is Cc1oc(-c2ccc(C(=O)O)cc2)nc1CS(=O)(=O)c1ccc(CN2CCCCC2)cc1.Cl. The number of aromatic carboxylic acids is 1. The number of aromatic nitrogens is 1. The summed E-state index contributed by atoms with van der Waals surface area (Å²) in [7, 11) is -3.59. The molecule has 7 nitrogen and oxygen atoms in total. The third-order valence-corrected chi connectivity index (χ3v) is 7.38. The Kier molecular flexibility index (Phi) is 7.94. The molecule has 1 aliphatic rings. The number of benzene rings is 2. The lowest BCUT2D eigenvalue weighted by molar-refractivity contribution is 0.0697. The summed E-state index contributed by atoms with van der Waals surface area (Å²) in [5.74, 6) is -0.593.